The molecule has 1 aliphatic heterocycles. The second-order valence-electron chi connectivity index (χ2n) is 5.44. The molecule has 114 valence electrons. The predicted molar refractivity (Wildman–Crippen MR) is 85.6 cm³/mol. The molecule has 5 heteroatoms. The van der Waals surface area contributed by atoms with Gasteiger partial charge in [0, 0.05) is 11.3 Å². The molecule has 2 heterocycles. The highest BCUT2D eigenvalue weighted by Gasteiger charge is 2.23. The minimum atomic E-state index is -0.0928. The lowest BCUT2D eigenvalue weighted by Gasteiger charge is -2.23. The van der Waals surface area contributed by atoms with Crippen LogP contribution in [0, 0.1) is 5.92 Å². The number of para-hydroxylation sites is 1. The predicted octanol–water partition coefficient (Wildman–Crippen LogP) is 3.03. The number of hydrogen-bond acceptors (Lipinski definition) is 3. The number of fused-ring (bicyclic) bond motifs is 1. The molecule has 21 heavy (non-hydrogen) atoms. The van der Waals surface area contributed by atoms with E-state index in [1.807, 2.05) is 37.3 Å². The normalized spacial score (nSPS) is 17.2. The summed E-state index contributed by atoms with van der Waals surface area (Å²) in [6, 6.07) is 9.81. The zero-order valence-electron chi connectivity index (χ0n) is 12.1. The Balaban J connectivity index is 0.00000161. The van der Waals surface area contributed by atoms with E-state index in [9.17, 15) is 4.79 Å². The number of piperidine rings is 1. The van der Waals surface area contributed by atoms with Crippen molar-refractivity contribution in [3.8, 4) is 0 Å². The number of amides is 1. The van der Waals surface area contributed by atoms with Crippen LogP contribution in [0.15, 0.2) is 34.7 Å². The summed E-state index contributed by atoms with van der Waals surface area (Å²) in [5.74, 6) is 1.08. The lowest BCUT2D eigenvalue weighted by molar-refractivity contribution is -0.126. The maximum absolute atomic E-state index is 12.2. The fourth-order valence-electron chi connectivity index (χ4n) is 2.70. The molecular formula is C16H21ClN2O2. The van der Waals surface area contributed by atoms with Gasteiger partial charge in [-0.1, -0.05) is 18.2 Å². The molecule has 4 nitrogen and oxygen atoms in total. The van der Waals surface area contributed by atoms with E-state index in [-0.39, 0.29) is 30.3 Å². The van der Waals surface area contributed by atoms with Gasteiger partial charge >= 0.3 is 0 Å². The molecule has 0 aliphatic carbocycles. The van der Waals surface area contributed by atoms with Crippen LogP contribution in [-0.4, -0.2) is 19.0 Å². The van der Waals surface area contributed by atoms with Crippen LogP contribution in [0.5, 0.6) is 0 Å². The molecule has 1 fully saturated rings. The highest BCUT2D eigenvalue weighted by molar-refractivity contribution is 5.85. The van der Waals surface area contributed by atoms with Crippen molar-refractivity contribution in [2.75, 3.05) is 13.1 Å². The Morgan fingerprint density at radius 3 is 2.76 bits per heavy atom. The molecule has 1 amide bonds. The quantitative estimate of drug-likeness (QED) is 0.916. The average molecular weight is 309 g/mol. The Labute approximate surface area is 130 Å². The second kappa shape index (κ2) is 6.96. The van der Waals surface area contributed by atoms with E-state index in [0.717, 1.165) is 42.7 Å². The van der Waals surface area contributed by atoms with Gasteiger partial charge in [-0.15, -0.1) is 12.4 Å². The van der Waals surface area contributed by atoms with Crippen molar-refractivity contribution >= 4 is 29.3 Å². The molecule has 1 aromatic heterocycles. The Morgan fingerprint density at radius 1 is 1.33 bits per heavy atom. The topological polar surface area (TPSA) is 54.3 Å². The minimum Gasteiger partial charge on any atom is -0.459 e. The van der Waals surface area contributed by atoms with E-state index in [0.29, 0.717) is 0 Å². The minimum absolute atomic E-state index is 0. The van der Waals surface area contributed by atoms with Crippen LogP contribution in [0.3, 0.4) is 0 Å². The van der Waals surface area contributed by atoms with Crippen molar-refractivity contribution < 1.29 is 9.21 Å². The maximum atomic E-state index is 12.2. The van der Waals surface area contributed by atoms with Crippen LogP contribution >= 0.6 is 12.4 Å². The Morgan fingerprint density at radius 2 is 2.05 bits per heavy atom. The van der Waals surface area contributed by atoms with Crippen LogP contribution in [-0.2, 0) is 4.79 Å². The molecule has 1 saturated heterocycles. The first-order valence-corrected chi connectivity index (χ1v) is 7.23. The number of hydrogen-bond donors (Lipinski definition) is 2. The van der Waals surface area contributed by atoms with Crippen LogP contribution in [0.4, 0.5) is 0 Å². The fraction of sp³-hybridized carbons (Fsp3) is 0.438. The molecule has 1 unspecified atom stereocenters. The van der Waals surface area contributed by atoms with E-state index in [1.165, 1.54) is 0 Å². The summed E-state index contributed by atoms with van der Waals surface area (Å²) in [6.07, 6.45) is 1.83. The van der Waals surface area contributed by atoms with Crippen molar-refractivity contribution in [3.63, 3.8) is 0 Å². The summed E-state index contributed by atoms with van der Waals surface area (Å²) in [7, 11) is 0. The zero-order chi connectivity index (χ0) is 13.9. The lowest BCUT2D eigenvalue weighted by Crippen LogP contribution is -2.39. The maximum Gasteiger partial charge on any atom is 0.223 e. The second-order valence-corrected chi connectivity index (χ2v) is 5.44. The average Bonchev–Trinajstić information content (AvgIpc) is 2.92. The SMILES string of the molecule is CC(NC(=O)C1CCNCC1)c1cc2ccccc2o1.Cl. The summed E-state index contributed by atoms with van der Waals surface area (Å²) in [5.41, 5.74) is 0.866. The first-order valence-electron chi connectivity index (χ1n) is 7.23. The number of carbonyl (C=O) groups is 1. The monoisotopic (exact) mass is 308 g/mol. The summed E-state index contributed by atoms with van der Waals surface area (Å²) < 4.78 is 5.79. The van der Waals surface area contributed by atoms with Gasteiger partial charge in [0.2, 0.25) is 5.91 Å². The molecule has 1 atom stereocenters. The van der Waals surface area contributed by atoms with Crippen LogP contribution in [0.1, 0.15) is 31.6 Å². The number of carbonyl (C=O) groups excluding carboxylic acids is 1. The number of furan rings is 1. The van der Waals surface area contributed by atoms with Crippen molar-refractivity contribution in [2.24, 2.45) is 5.92 Å². The third-order valence-corrected chi connectivity index (χ3v) is 3.94. The van der Waals surface area contributed by atoms with Crippen molar-refractivity contribution in [3.05, 3.63) is 36.1 Å². The number of rotatable bonds is 3. The Kier molecular flexibility index (Phi) is 5.26. The number of benzene rings is 1. The zero-order valence-corrected chi connectivity index (χ0v) is 12.9. The standard InChI is InChI=1S/C16H20N2O2.ClH/c1-11(18-16(19)12-6-8-17-9-7-12)15-10-13-4-2-3-5-14(13)20-15;/h2-5,10-12,17H,6-9H2,1H3,(H,18,19);1H. The van der Waals surface area contributed by atoms with Gasteiger partial charge in [0.1, 0.15) is 11.3 Å². The van der Waals surface area contributed by atoms with E-state index in [2.05, 4.69) is 10.6 Å². The van der Waals surface area contributed by atoms with Crippen LogP contribution in [0.25, 0.3) is 11.0 Å². The molecule has 1 aliphatic rings. The Hall–Kier alpha value is -1.52. The lowest BCUT2D eigenvalue weighted by atomic mass is 9.97. The van der Waals surface area contributed by atoms with Gasteiger partial charge in [-0.3, -0.25) is 4.79 Å². The summed E-state index contributed by atoms with van der Waals surface area (Å²) in [6.45, 7) is 3.82. The molecule has 0 spiro atoms. The summed E-state index contributed by atoms with van der Waals surface area (Å²) in [4.78, 5) is 12.2. The molecule has 0 radical (unpaired) electrons. The molecule has 1 aromatic carbocycles. The molecule has 2 N–H and O–H groups in total. The molecule has 0 bridgehead atoms. The van der Waals surface area contributed by atoms with Gasteiger partial charge in [0.05, 0.1) is 6.04 Å². The van der Waals surface area contributed by atoms with Gasteiger partial charge in [-0.25, -0.2) is 0 Å². The van der Waals surface area contributed by atoms with E-state index in [1.54, 1.807) is 0 Å². The largest absolute Gasteiger partial charge is 0.459 e. The van der Waals surface area contributed by atoms with Gasteiger partial charge in [0.15, 0.2) is 0 Å². The summed E-state index contributed by atoms with van der Waals surface area (Å²) in [5, 5.41) is 7.41. The third kappa shape index (κ3) is 3.57. The van der Waals surface area contributed by atoms with Gasteiger partial charge in [-0.2, -0.15) is 0 Å². The molecular weight excluding hydrogens is 288 g/mol. The van der Waals surface area contributed by atoms with Crippen molar-refractivity contribution in [2.45, 2.75) is 25.8 Å². The van der Waals surface area contributed by atoms with E-state index < -0.39 is 0 Å². The van der Waals surface area contributed by atoms with Gasteiger partial charge in [0.25, 0.3) is 0 Å². The van der Waals surface area contributed by atoms with E-state index in [4.69, 9.17) is 4.42 Å². The molecule has 0 saturated carbocycles. The van der Waals surface area contributed by atoms with Crippen LogP contribution in [0.2, 0.25) is 0 Å². The number of halogens is 1. The van der Waals surface area contributed by atoms with Gasteiger partial charge < -0.3 is 15.1 Å². The van der Waals surface area contributed by atoms with Gasteiger partial charge in [-0.05, 0) is 45.0 Å². The number of nitrogens with one attached hydrogen (secondary N) is 2. The smallest absolute Gasteiger partial charge is 0.223 e. The molecule has 2 aromatic rings. The first-order chi connectivity index (χ1) is 9.74. The van der Waals surface area contributed by atoms with E-state index >= 15 is 0 Å². The summed E-state index contributed by atoms with van der Waals surface area (Å²) >= 11 is 0. The molecule has 3 rings (SSSR count). The first kappa shape index (κ1) is 15.9. The third-order valence-electron chi connectivity index (χ3n) is 3.94. The van der Waals surface area contributed by atoms with Crippen molar-refractivity contribution in [1.29, 1.82) is 0 Å². The fourth-order valence-corrected chi connectivity index (χ4v) is 2.70. The van der Waals surface area contributed by atoms with Crippen molar-refractivity contribution in [1.82, 2.24) is 10.6 Å². The highest BCUT2D eigenvalue weighted by atomic mass is 35.5. The van der Waals surface area contributed by atoms with Crippen LogP contribution < -0.4 is 10.6 Å². The highest BCUT2D eigenvalue weighted by Crippen LogP contribution is 2.24. The Bertz CT molecular complexity index is 572.